The molecule has 0 N–H and O–H groups in total. The van der Waals surface area contributed by atoms with Crippen LogP contribution in [-0.4, -0.2) is 18.2 Å². The van der Waals surface area contributed by atoms with Gasteiger partial charge < -0.3 is 4.74 Å². The SMILES string of the molecule is CC(C)(C)C(=O)COc1ccc2c(c1)CCCC2=O. The number of carbonyl (C=O) groups is 2. The van der Waals surface area contributed by atoms with E-state index in [-0.39, 0.29) is 23.6 Å². The van der Waals surface area contributed by atoms with Crippen LogP contribution in [0.15, 0.2) is 18.2 Å². The molecule has 19 heavy (non-hydrogen) atoms. The van der Waals surface area contributed by atoms with Crippen molar-refractivity contribution in [2.24, 2.45) is 5.41 Å². The molecule has 0 aromatic heterocycles. The minimum absolute atomic E-state index is 0.0706. The fraction of sp³-hybridized carbons (Fsp3) is 0.500. The van der Waals surface area contributed by atoms with Gasteiger partial charge in [-0.25, -0.2) is 0 Å². The van der Waals surface area contributed by atoms with E-state index in [9.17, 15) is 9.59 Å². The lowest BCUT2D eigenvalue weighted by Gasteiger charge is -2.18. The Morgan fingerprint density at radius 1 is 1.26 bits per heavy atom. The standard InChI is InChI=1S/C16H20O3/c1-16(2,3)15(18)10-19-12-7-8-13-11(9-12)5-4-6-14(13)17/h7-9H,4-6,10H2,1-3H3. The van der Waals surface area contributed by atoms with Gasteiger partial charge in [0.1, 0.15) is 12.4 Å². The lowest BCUT2D eigenvalue weighted by Crippen LogP contribution is -2.26. The van der Waals surface area contributed by atoms with Crippen molar-refractivity contribution in [1.29, 1.82) is 0 Å². The number of ether oxygens (including phenoxy) is 1. The highest BCUT2D eigenvalue weighted by Gasteiger charge is 2.22. The third kappa shape index (κ3) is 3.22. The Labute approximate surface area is 114 Å². The summed E-state index contributed by atoms with van der Waals surface area (Å²) in [5.41, 5.74) is 1.46. The highest BCUT2D eigenvalue weighted by Crippen LogP contribution is 2.25. The van der Waals surface area contributed by atoms with Crippen molar-refractivity contribution < 1.29 is 14.3 Å². The quantitative estimate of drug-likeness (QED) is 0.838. The first kappa shape index (κ1) is 13.8. The van der Waals surface area contributed by atoms with Crippen LogP contribution in [0.4, 0.5) is 0 Å². The van der Waals surface area contributed by atoms with Crippen LogP contribution in [0.25, 0.3) is 0 Å². The number of fused-ring (bicyclic) bond motifs is 1. The Morgan fingerprint density at radius 3 is 2.68 bits per heavy atom. The molecule has 0 aliphatic heterocycles. The van der Waals surface area contributed by atoms with Gasteiger partial charge in [0.05, 0.1) is 0 Å². The fourth-order valence-electron chi connectivity index (χ4n) is 2.08. The predicted octanol–water partition coefficient (Wildman–Crippen LogP) is 3.20. The molecule has 0 amide bonds. The average Bonchev–Trinajstić information content (AvgIpc) is 2.35. The van der Waals surface area contributed by atoms with Crippen molar-refractivity contribution in [3.05, 3.63) is 29.3 Å². The van der Waals surface area contributed by atoms with Gasteiger partial charge in [0.15, 0.2) is 11.6 Å². The molecule has 0 bridgehead atoms. The van der Waals surface area contributed by atoms with Crippen LogP contribution >= 0.6 is 0 Å². The Balaban J connectivity index is 2.07. The van der Waals surface area contributed by atoms with Crippen LogP contribution < -0.4 is 4.74 Å². The highest BCUT2D eigenvalue weighted by atomic mass is 16.5. The molecule has 3 heteroatoms. The number of Topliss-reactive ketones (excluding diaryl/α,β-unsaturated/α-hetero) is 2. The fourth-order valence-corrected chi connectivity index (χ4v) is 2.08. The maximum atomic E-state index is 11.8. The second-order valence-corrected chi connectivity index (χ2v) is 6.06. The third-order valence-corrected chi connectivity index (χ3v) is 3.43. The maximum absolute atomic E-state index is 11.8. The molecule has 3 nitrogen and oxygen atoms in total. The molecule has 0 unspecified atom stereocenters. The molecule has 2 rings (SSSR count). The molecular weight excluding hydrogens is 240 g/mol. The van der Waals surface area contributed by atoms with E-state index < -0.39 is 0 Å². The maximum Gasteiger partial charge on any atom is 0.175 e. The minimum Gasteiger partial charge on any atom is -0.486 e. The monoisotopic (exact) mass is 260 g/mol. The van der Waals surface area contributed by atoms with E-state index in [0.717, 1.165) is 24.0 Å². The lowest BCUT2D eigenvalue weighted by molar-refractivity contribution is -0.128. The summed E-state index contributed by atoms with van der Waals surface area (Å²) in [6, 6.07) is 5.48. The van der Waals surface area contributed by atoms with Crippen LogP contribution in [0.5, 0.6) is 5.75 Å². The number of ketones is 2. The zero-order valence-electron chi connectivity index (χ0n) is 11.8. The summed E-state index contributed by atoms with van der Waals surface area (Å²) in [5.74, 6) is 0.950. The molecular formula is C16H20O3. The first-order valence-electron chi connectivity index (χ1n) is 6.70. The van der Waals surface area contributed by atoms with E-state index in [0.29, 0.717) is 12.2 Å². The number of carbonyl (C=O) groups excluding carboxylic acids is 2. The topological polar surface area (TPSA) is 43.4 Å². The predicted molar refractivity (Wildman–Crippen MR) is 73.7 cm³/mol. The molecule has 0 heterocycles. The van der Waals surface area contributed by atoms with Gasteiger partial charge in [0.2, 0.25) is 0 Å². The summed E-state index contributed by atoms with van der Waals surface area (Å²) in [6.45, 7) is 5.72. The van der Waals surface area contributed by atoms with Gasteiger partial charge in [-0.3, -0.25) is 9.59 Å². The third-order valence-electron chi connectivity index (χ3n) is 3.43. The second kappa shape index (κ2) is 5.16. The van der Waals surface area contributed by atoms with Crippen molar-refractivity contribution in [2.75, 3.05) is 6.61 Å². The normalized spacial score (nSPS) is 15.0. The number of benzene rings is 1. The summed E-state index contributed by atoms with van der Waals surface area (Å²) < 4.78 is 5.53. The first-order valence-corrected chi connectivity index (χ1v) is 6.70. The van der Waals surface area contributed by atoms with Gasteiger partial charge in [-0.1, -0.05) is 20.8 Å². The van der Waals surface area contributed by atoms with E-state index >= 15 is 0 Å². The number of rotatable bonds is 3. The van der Waals surface area contributed by atoms with Gasteiger partial charge in [0, 0.05) is 17.4 Å². The number of hydrogen-bond donors (Lipinski definition) is 0. The van der Waals surface area contributed by atoms with Crippen molar-refractivity contribution in [3.8, 4) is 5.75 Å². The van der Waals surface area contributed by atoms with Gasteiger partial charge >= 0.3 is 0 Å². The summed E-state index contributed by atoms with van der Waals surface area (Å²) in [6.07, 6.45) is 2.44. The van der Waals surface area contributed by atoms with E-state index in [1.807, 2.05) is 32.9 Å². The van der Waals surface area contributed by atoms with Gasteiger partial charge in [-0.05, 0) is 36.6 Å². The van der Waals surface area contributed by atoms with E-state index in [1.54, 1.807) is 6.07 Å². The molecule has 1 aromatic carbocycles. The van der Waals surface area contributed by atoms with Crippen LogP contribution in [0.3, 0.4) is 0 Å². The molecule has 0 atom stereocenters. The van der Waals surface area contributed by atoms with E-state index in [2.05, 4.69) is 0 Å². The molecule has 0 saturated carbocycles. The molecule has 0 spiro atoms. The van der Waals surface area contributed by atoms with Gasteiger partial charge in [-0.2, -0.15) is 0 Å². The molecule has 0 radical (unpaired) electrons. The highest BCUT2D eigenvalue weighted by molar-refractivity contribution is 5.98. The van der Waals surface area contributed by atoms with Crippen molar-refractivity contribution >= 4 is 11.6 Å². The molecule has 1 aromatic rings. The van der Waals surface area contributed by atoms with Crippen LogP contribution in [0.2, 0.25) is 0 Å². The zero-order chi connectivity index (χ0) is 14.0. The number of aryl methyl sites for hydroxylation is 1. The number of hydrogen-bond acceptors (Lipinski definition) is 3. The molecule has 102 valence electrons. The van der Waals surface area contributed by atoms with Gasteiger partial charge in [-0.15, -0.1) is 0 Å². The summed E-state index contributed by atoms with van der Waals surface area (Å²) in [5, 5.41) is 0. The molecule has 0 saturated heterocycles. The van der Waals surface area contributed by atoms with Crippen molar-refractivity contribution in [2.45, 2.75) is 40.0 Å². The zero-order valence-corrected chi connectivity index (χ0v) is 11.8. The van der Waals surface area contributed by atoms with Gasteiger partial charge in [0.25, 0.3) is 0 Å². The molecule has 1 aliphatic carbocycles. The smallest absolute Gasteiger partial charge is 0.175 e. The Morgan fingerprint density at radius 2 is 2.00 bits per heavy atom. The second-order valence-electron chi connectivity index (χ2n) is 6.06. The molecule has 0 fully saturated rings. The largest absolute Gasteiger partial charge is 0.486 e. The average molecular weight is 260 g/mol. The summed E-state index contributed by atoms with van der Waals surface area (Å²) in [7, 11) is 0. The lowest BCUT2D eigenvalue weighted by atomic mass is 9.90. The Bertz CT molecular complexity index is 509. The Hall–Kier alpha value is -1.64. The van der Waals surface area contributed by atoms with Crippen LogP contribution in [0, 0.1) is 5.41 Å². The van der Waals surface area contributed by atoms with Crippen LogP contribution in [-0.2, 0) is 11.2 Å². The van der Waals surface area contributed by atoms with Crippen molar-refractivity contribution in [3.63, 3.8) is 0 Å². The van der Waals surface area contributed by atoms with E-state index in [1.165, 1.54) is 0 Å². The van der Waals surface area contributed by atoms with E-state index in [4.69, 9.17) is 4.74 Å². The van der Waals surface area contributed by atoms with Crippen LogP contribution in [0.1, 0.15) is 49.5 Å². The molecule has 1 aliphatic rings. The van der Waals surface area contributed by atoms with Crippen molar-refractivity contribution in [1.82, 2.24) is 0 Å². The first-order chi connectivity index (χ1) is 8.88. The Kier molecular flexibility index (Phi) is 3.74. The summed E-state index contributed by atoms with van der Waals surface area (Å²) >= 11 is 0. The summed E-state index contributed by atoms with van der Waals surface area (Å²) in [4.78, 5) is 23.5. The minimum atomic E-state index is -0.385.